The summed E-state index contributed by atoms with van der Waals surface area (Å²) in [5, 5.41) is 0. The minimum Gasteiger partial charge on any atom is -0.368 e. The predicted octanol–water partition coefficient (Wildman–Crippen LogP) is 5.66. The third-order valence-corrected chi connectivity index (χ3v) is 7.17. The highest BCUT2D eigenvalue weighted by Gasteiger charge is 2.31. The van der Waals surface area contributed by atoms with Crippen molar-refractivity contribution in [3.05, 3.63) is 124 Å². The van der Waals surface area contributed by atoms with Crippen LogP contribution in [0.15, 0.2) is 85.1 Å². The Hall–Kier alpha value is -4.12. The van der Waals surface area contributed by atoms with Gasteiger partial charge in [0.05, 0.1) is 5.56 Å². The summed E-state index contributed by atoms with van der Waals surface area (Å²) in [5.41, 5.74) is 6.96. The van der Waals surface area contributed by atoms with Crippen LogP contribution in [0.4, 0.5) is 5.69 Å². The van der Waals surface area contributed by atoms with Gasteiger partial charge in [0.15, 0.2) is 5.78 Å². The number of nitrogens with zero attached hydrogens (tertiary/aromatic N) is 3. The summed E-state index contributed by atoms with van der Waals surface area (Å²) in [6.45, 7) is 9.27. The third-order valence-electron chi connectivity index (χ3n) is 7.17. The van der Waals surface area contributed by atoms with Crippen molar-refractivity contribution in [2.45, 2.75) is 27.3 Å². The summed E-state index contributed by atoms with van der Waals surface area (Å²) in [7, 11) is 0. The van der Waals surface area contributed by atoms with Gasteiger partial charge in [0, 0.05) is 50.2 Å². The fourth-order valence-corrected chi connectivity index (χ4v) is 5.03. The zero-order valence-electron chi connectivity index (χ0n) is 21.8. The molecule has 1 amide bonds. The van der Waals surface area contributed by atoms with Crippen molar-refractivity contribution in [1.29, 1.82) is 0 Å². The Morgan fingerprint density at radius 2 is 1.32 bits per heavy atom. The van der Waals surface area contributed by atoms with Gasteiger partial charge in [0.1, 0.15) is 5.69 Å². The first-order valence-corrected chi connectivity index (χ1v) is 12.9. The highest BCUT2D eigenvalue weighted by Crippen LogP contribution is 2.25. The van der Waals surface area contributed by atoms with Crippen molar-refractivity contribution in [3.63, 3.8) is 0 Å². The lowest BCUT2D eigenvalue weighted by atomic mass is 9.99. The SMILES string of the molecule is Cc1ccc(Cn2cc(C)c(C(=O)c3ccc(C)cc3)c2C(=O)N2CCN(c3ccccc3)CC2)cc1. The van der Waals surface area contributed by atoms with Crippen LogP contribution in [0.1, 0.15) is 48.7 Å². The molecule has 5 nitrogen and oxygen atoms in total. The number of carbonyl (C=O) groups excluding carboxylic acids is 2. The number of ketones is 1. The third kappa shape index (κ3) is 5.21. The molecule has 5 rings (SSSR count). The topological polar surface area (TPSA) is 45.6 Å². The molecule has 0 spiro atoms. The molecule has 1 aromatic heterocycles. The van der Waals surface area contributed by atoms with E-state index in [1.165, 1.54) is 11.3 Å². The van der Waals surface area contributed by atoms with Gasteiger partial charge in [0.2, 0.25) is 0 Å². The van der Waals surface area contributed by atoms with Crippen LogP contribution in [0.25, 0.3) is 0 Å². The van der Waals surface area contributed by atoms with Crippen molar-refractivity contribution in [2.24, 2.45) is 0 Å². The van der Waals surface area contributed by atoms with Gasteiger partial charge in [-0.2, -0.15) is 0 Å². The number of anilines is 1. The van der Waals surface area contributed by atoms with E-state index in [4.69, 9.17) is 0 Å². The number of para-hydroxylation sites is 1. The summed E-state index contributed by atoms with van der Waals surface area (Å²) in [5.74, 6) is -0.185. The Morgan fingerprint density at radius 3 is 1.95 bits per heavy atom. The molecule has 0 unspecified atom stereocenters. The van der Waals surface area contributed by atoms with Gasteiger partial charge in [-0.3, -0.25) is 9.59 Å². The molecule has 0 N–H and O–H groups in total. The quantitative estimate of drug-likeness (QED) is 0.327. The standard InChI is InChI=1S/C32H33N3O2/c1-23-9-13-26(14-10-23)22-35-21-25(3)29(31(36)27-15-11-24(2)12-16-27)30(35)32(37)34-19-17-33(18-20-34)28-7-5-4-6-8-28/h4-16,21H,17-20,22H2,1-3H3. The summed E-state index contributed by atoms with van der Waals surface area (Å²) < 4.78 is 1.97. The number of piperazine rings is 1. The number of aryl methyl sites for hydroxylation is 3. The fourth-order valence-electron chi connectivity index (χ4n) is 5.03. The van der Waals surface area contributed by atoms with Crippen molar-refractivity contribution in [1.82, 2.24) is 9.47 Å². The molecule has 0 bridgehead atoms. The minimum atomic E-state index is -0.105. The van der Waals surface area contributed by atoms with E-state index < -0.39 is 0 Å². The van der Waals surface area contributed by atoms with E-state index >= 15 is 0 Å². The Morgan fingerprint density at radius 1 is 0.730 bits per heavy atom. The Kier molecular flexibility index (Phi) is 6.95. The highest BCUT2D eigenvalue weighted by atomic mass is 16.2. The van der Waals surface area contributed by atoms with Crippen molar-refractivity contribution < 1.29 is 9.59 Å². The average Bonchev–Trinajstić information content (AvgIpc) is 3.25. The number of carbonyl (C=O) groups is 2. The van der Waals surface area contributed by atoms with Crippen LogP contribution in [0.5, 0.6) is 0 Å². The molecule has 1 aliphatic heterocycles. The summed E-state index contributed by atoms with van der Waals surface area (Å²) in [6, 6.07) is 26.2. The molecule has 0 atom stereocenters. The number of amides is 1. The smallest absolute Gasteiger partial charge is 0.271 e. The molecule has 0 saturated carbocycles. The summed E-state index contributed by atoms with van der Waals surface area (Å²) in [4.78, 5) is 32.0. The molecule has 3 aromatic carbocycles. The first-order valence-electron chi connectivity index (χ1n) is 12.9. The minimum absolute atomic E-state index is 0.0802. The molecule has 0 aliphatic carbocycles. The largest absolute Gasteiger partial charge is 0.368 e. The zero-order chi connectivity index (χ0) is 25.9. The average molecular weight is 492 g/mol. The summed E-state index contributed by atoms with van der Waals surface area (Å²) >= 11 is 0. The number of rotatable bonds is 6. The number of aromatic nitrogens is 1. The zero-order valence-corrected chi connectivity index (χ0v) is 21.8. The normalized spacial score (nSPS) is 13.6. The lowest BCUT2D eigenvalue weighted by molar-refractivity contribution is 0.0732. The molecular formula is C32H33N3O2. The Balaban J connectivity index is 1.48. The van der Waals surface area contributed by atoms with E-state index in [1.54, 1.807) is 0 Å². The Bertz CT molecular complexity index is 1400. The van der Waals surface area contributed by atoms with Gasteiger partial charge in [-0.15, -0.1) is 0 Å². The van der Waals surface area contributed by atoms with Crippen LogP contribution < -0.4 is 4.90 Å². The van der Waals surface area contributed by atoms with Crippen LogP contribution in [-0.4, -0.2) is 47.3 Å². The monoisotopic (exact) mass is 491 g/mol. The van der Waals surface area contributed by atoms with E-state index in [0.717, 1.165) is 29.8 Å². The van der Waals surface area contributed by atoms with Crippen molar-refractivity contribution in [2.75, 3.05) is 31.1 Å². The van der Waals surface area contributed by atoms with Gasteiger partial charge in [0.25, 0.3) is 5.91 Å². The van der Waals surface area contributed by atoms with Crippen molar-refractivity contribution in [3.8, 4) is 0 Å². The predicted molar refractivity (Wildman–Crippen MR) is 149 cm³/mol. The van der Waals surface area contributed by atoms with Crippen LogP contribution in [0, 0.1) is 20.8 Å². The van der Waals surface area contributed by atoms with Crippen LogP contribution in [-0.2, 0) is 6.54 Å². The van der Waals surface area contributed by atoms with E-state index in [9.17, 15) is 9.59 Å². The van der Waals surface area contributed by atoms with E-state index in [1.807, 2.05) is 72.0 Å². The molecule has 37 heavy (non-hydrogen) atoms. The second-order valence-electron chi connectivity index (χ2n) is 9.96. The molecule has 4 aromatic rings. The lowest BCUT2D eigenvalue weighted by Gasteiger charge is -2.36. The molecule has 1 saturated heterocycles. The highest BCUT2D eigenvalue weighted by molar-refractivity contribution is 6.15. The van der Waals surface area contributed by atoms with Gasteiger partial charge < -0.3 is 14.4 Å². The van der Waals surface area contributed by atoms with Crippen LogP contribution >= 0.6 is 0 Å². The first-order chi connectivity index (χ1) is 17.9. The van der Waals surface area contributed by atoms with Crippen LogP contribution in [0.2, 0.25) is 0 Å². The van der Waals surface area contributed by atoms with Gasteiger partial charge in [-0.25, -0.2) is 0 Å². The Labute approximate surface area is 219 Å². The lowest BCUT2D eigenvalue weighted by Crippen LogP contribution is -2.49. The maximum Gasteiger partial charge on any atom is 0.271 e. The maximum atomic E-state index is 14.1. The van der Waals surface area contributed by atoms with Gasteiger partial charge in [-0.05, 0) is 44.0 Å². The molecular weight excluding hydrogens is 458 g/mol. The number of hydrogen-bond donors (Lipinski definition) is 0. The number of benzene rings is 3. The molecule has 0 radical (unpaired) electrons. The summed E-state index contributed by atoms with van der Waals surface area (Å²) in [6.07, 6.45) is 1.95. The number of hydrogen-bond acceptors (Lipinski definition) is 3. The molecule has 5 heteroatoms. The van der Waals surface area contributed by atoms with E-state index in [2.05, 4.69) is 48.2 Å². The molecule has 188 valence electrons. The molecule has 1 aliphatic rings. The second-order valence-corrected chi connectivity index (χ2v) is 9.96. The van der Waals surface area contributed by atoms with Crippen LogP contribution in [0.3, 0.4) is 0 Å². The van der Waals surface area contributed by atoms with Gasteiger partial charge in [-0.1, -0.05) is 77.9 Å². The fraction of sp³-hybridized carbons (Fsp3) is 0.250. The van der Waals surface area contributed by atoms with E-state index in [0.29, 0.717) is 36.5 Å². The molecule has 1 fully saturated rings. The maximum absolute atomic E-state index is 14.1. The van der Waals surface area contributed by atoms with Gasteiger partial charge >= 0.3 is 0 Å². The van der Waals surface area contributed by atoms with Crippen molar-refractivity contribution >= 4 is 17.4 Å². The molecule has 2 heterocycles. The first kappa shape index (κ1) is 24.6. The second kappa shape index (κ2) is 10.5. The van der Waals surface area contributed by atoms with E-state index in [-0.39, 0.29) is 11.7 Å².